The summed E-state index contributed by atoms with van der Waals surface area (Å²) in [5.74, 6) is 1.99. The van der Waals surface area contributed by atoms with Crippen LogP contribution in [0.3, 0.4) is 0 Å². The van der Waals surface area contributed by atoms with Crippen LogP contribution < -0.4 is 21.0 Å². The lowest BCUT2D eigenvalue weighted by molar-refractivity contribution is 0.297. The Balaban J connectivity index is 1.33. The van der Waals surface area contributed by atoms with E-state index in [0.29, 0.717) is 16.7 Å². The van der Waals surface area contributed by atoms with Crippen molar-refractivity contribution in [2.24, 2.45) is 5.92 Å². The zero-order chi connectivity index (χ0) is 19.8. The zero-order valence-electron chi connectivity index (χ0n) is 15.8. The van der Waals surface area contributed by atoms with Gasteiger partial charge in [0, 0.05) is 11.1 Å². The molecule has 2 heterocycles. The van der Waals surface area contributed by atoms with E-state index in [-0.39, 0.29) is 18.3 Å². The first-order chi connectivity index (χ1) is 14.2. The zero-order valence-corrected chi connectivity index (χ0v) is 16.5. The average Bonchev–Trinajstić information content (AvgIpc) is 3.44. The van der Waals surface area contributed by atoms with Crippen LogP contribution in [-0.2, 0) is 13.0 Å². The van der Waals surface area contributed by atoms with E-state index >= 15 is 0 Å². The van der Waals surface area contributed by atoms with E-state index < -0.39 is 0 Å². The molecule has 0 spiro atoms. The van der Waals surface area contributed by atoms with Gasteiger partial charge < -0.3 is 10.1 Å². The highest BCUT2D eigenvalue weighted by atomic mass is 35.5. The SMILES string of the molecule is O=c1cc(COc2cc(Cl)ccc2CC2CC2)nc2n1NC(c1ccccc1)N2. The van der Waals surface area contributed by atoms with Gasteiger partial charge in [0.2, 0.25) is 5.95 Å². The number of ether oxygens (including phenoxy) is 1. The van der Waals surface area contributed by atoms with Crippen molar-refractivity contribution < 1.29 is 4.74 Å². The average molecular weight is 409 g/mol. The van der Waals surface area contributed by atoms with Crippen molar-refractivity contribution in [3.8, 4) is 5.75 Å². The molecule has 6 nitrogen and oxygen atoms in total. The summed E-state index contributed by atoms with van der Waals surface area (Å²) in [6.45, 7) is 0.207. The number of nitrogens with zero attached hydrogens (tertiary/aromatic N) is 2. The number of hydrogen-bond donors (Lipinski definition) is 2. The molecular weight excluding hydrogens is 388 g/mol. The van der Waals surface area contributed by atoms with Gasteiger partial charge in [0.15, 0.2) is 0 Å². The summed E-state index contributed by atoms with van der Waals surface area (Å²) in [5.41, 5.74) is 5.71. The van der Waals surface area contributed by atoms with Gasteiger partial charge in [-0.25, -0.2) is 4.98 Å². The molecule has 0 bridgehead atoms. The minimum Gasteiger partial charge on any atom is -0.487 e. The maximum absolute atomic E-state index is 12.5. The van der Waals surface area contributed by atoms with Gasteiger partial charge in [-0.3, -0.25) is 10.2 Å². The van der Waals surface area contributed by atoms with Crippen LogP contribution >= 0.6 is 11.6 Å². The lowest BCUT2D eigenvalue weighted by Crippen LogP contribution is -2.26. The number of rotatable bonds is 6. The van der Waals surface area contributed by atoms with Gasteiger partial charge >= 0.3 is 0 Å². The minimum absolute atomic E-state index is 0.177. The standard InChI is InChI=1S/C22H21ClN4O2/c23-17-9-8-16(10-14-6-7-14)19(11-17)29-13-18-12-20(28)27-22(24-18)25-21(26-27)15-4-2-1-3-5-15/h1-5,8-9,11-12,14,21,26H,6-7,10,13H2,(H,24,25). The summed E-state index contributed by atoms with van der Waals surface area (Å²) in [5, 5.41) is 3.89. The van der Waals surface area contributed by atoms with E-state index in [1.807, 2.05) is 48.5 Å². The third kappa shape index (κ3) is 3.93. The van der Waals surface area contributed by atoms with Crippen LogP contribution in [0, 0.1) is 5.92 Å². The molecule has 5 rings (SSSR count). The van der Waals surface area contributed by atoms with Gasteiger partial charge in [-0.2, -0.15) is 4.68 Å². The second-order valence-electron chi connectivity index (χ2n) is 7.55. The Morgan fingerprint density at radius 2 is 1.97 bits per heavy atom. The van der Waals surface area contributed by atoms with E-state index in [1.54, 1.807) is 0 Å². The van der Waals surface area contributed by atoms with Gasteiger partial charge in [0.05, 0.1) is 5.69 Å². The molecule has 1 aliphatic carbocycles. The third-order valence-electron chi connectivity index (χ3n) is 5.25. The van der Waals surface area contributed by atoms with E-state index in [1.165, 1.54) is 23.6 Å². The molecule has 1 unspecified atom stereocenters. The number of nitrogens with one attached hydrogen (secondary N) is 2. The summed E-state index contributed by atoms with van der Waals surface area (Å²) in [7, 11) is 0. The lowest BCUT2D eigenvalue weighted by atomic mass is 10.1. The molecule has 2 aromatic carbocycles. The molecule has 1 saturated carbocycles. The summed E-state index contributed by atoms with van der Waals surface area (Å²) in [6, 6.07) is 17.1. The van der Waals surface area contributed by atoms with Crippen LogP contribution in [0.25, 0.3) is 0 Å². The van der Waals surface area contributed by atoms with Crippen LogP contribution in [0.2, 0.25) is 5.02 Å². The third-order valence-corrected chi connectivity index (χ3v) is 5.48. The molecule has 1 aromatic heterocycles. The van der Waals surface area contributed by atoms with Crippen molar-refractivity contribution in [3.05, 3.63) is 86.8 Å². The summed E-state index contributed by atoms with van der Waals surface area (Å²) >= 11 is 6.16. The molecule has 1 aliphatic heterocycles. The second kappa shape index (κ2) is 7.44. The summed E-state index contributed by atoms with van der Waals surface area (Å²) < 4.78 is 7.45. The number of halogens is 1. The van der Waals surface area contributed by atoms with E-state index in [4.69, 9.17) is 16.3 Å². The minimum atomic E-state index is -0.203. The fourth-order valence-electron chi connectivity index (χ4n) is 3.54. The fourth-order valence-corrected chi connectivity index (χ4v) is 3.70. The summed E-state index contributed by atoms with van der Waals surface area (Å²) in [6.07, 6.45) is 3.33. The highest BCUT2D eigenvalue weighted by Gasteiger charge is 2.25. The molecule has 1 atom stereocenters. The molecule has 29 heavy (non-hydrogen) atoms. The highest BCUT2D eigenvalue weighted by Crippen LogP contribution is 2.36. The van der Waals surface area contributed by atoms with Crippen molar-refractivity contribution >= 4 is 17.5 Å². The van der Waals surface area contributed by atoms with Gasteiger partial charge in [0.25, 0.3) is 5.56 Å². The maximum atomic E-state index is 12.5. The van der Waals surface area contributed by atoms with Crippen LogP contribution in [-0.4, -0.2) is 9.66 Å². The second-order valence-corrected chi connectivity index (χ2v) is 7.99. The number of benzene rings is 2. The van der Waals surface area contributed by atoms with E-state index in [2.05, 4.69) is 15.7 Å². The number of anilines is 1. The molecule has 3 aromatic rings. The number of aromatic nitrogens is 2. The molecule has 7 heteroatoms. The predicted molar refractivity (Wildman–Crippen MR) is 113 cm³/mol. The van der Waals surface area contributed by atoms with Gasteiger partial charge in [-0.05, 0) is 48.4 Å². The largest absolute Gasteiger partial charge is 0.487 e. The van der Waals surface area contributed by atoms with Crippen molar-refractivity contribution in [1.29, 1.82) is 0 Å². The van der Waals surface area contributed by atoms with Crippen LogP contribution in [0.5, 0.6) is 5.75 Å². The Kier molecular flexibility index (Phi) is 4.64. The molecule has 2 N–H and O–H groups in total. The quantitative estimate of drug-likeness (QED) is 0.642. The van der Waals surface area contributed by atoms with Crippen LogP contribution in [0.15, 0.2) is 59.4 Å². The van der Waals surface area contributed by atoms with Crippen molar-refractivity contribution in [2.45, 2.75) is 32.0 Å². The first-order valence-electron chi connectivity index (χ1n) is 9.78. The van der Waals surface area contributed by atoms with Crippen LogP contribution in [0.4, 0.5) is 5.95 Å². The normalized spacial score (nSPS) is 17.3. The van der Waals surface area contributed by atoms with Crippen molar-refractivity contribution in [3.63, 3.8) is 0 Å². The monoisotopic (exact) mass is 408 g/mol. The van der Waals surface area contributed by atoms with Gasteiger partial charge in [0.1, 0.15) is 18.5 Å². The first kappa shape index (κ1) is 18.1. The summed E-state index contributed by atoms with van der Waals surface area (Å²) in [4.78, 5) is 17.1. The Bertz CT molecular complexity index is 1100. The topological polar surface area (TPSA) is 68.2 Å². The lowest BCUT2D eigenvalue weighted by Gasteiger charge is -2.12. The number of hydrogen-bond acceptors (Lipinski definition) is 5. The Morgan fingerprint density at radius 1 is 1.14 bits per heavy atom. The first-order valence-corrected chi connectivity index (χ1v) is 10.2. The highest BCUT2D eigenvalue weighted by molar-refractivity contribution is 6.30. The smallest absolute Gasteiger partial charge is 0.273 e. The molecule has 2 aliphatic rings. The van der Waals surface area contributed by atoms with E-state index in [9.17, 15) is 4.79 Å². The van der Waals surface area contributed by atoms with Crippen LogP contribution in [0.1, 0.15) is 35.8 Å². The number of fused-ring (bicyclic) bond motifs is 1. The molecular formula is C22H21ClN4O2. The Labute approximate surface area is 173 Å². The molecule has 0 amide bonds. The Hall–Kier alpha value is -2.99. The van der Waals surface area contributed by atoms with Crippen molar-refractivity contribution in [2.75, 3.05) is 10.7 Å². The molecule has 1 fully saturated rings. The molecule has 0 saturated heterocycles. The molecule has 148 valence electrons. The maximum Gasteiger partial charge on any atom is 0.273 e. The van der Waals surface area contributed by atoms with Gasteiger partial charge in [-0.1, -0.05) is 48.0 Å². The Morgan fingerprint density at radius 3 is 2.76 bits per heavy atom. The van der Waals surface area contributed by atoms with Gasteiger partial charge in [-0.15, -0.1) is 0 Å². The fraction of sp³-hybridized carbons (Fsp3) is 0.273. The molecule has 0 radical (unpaired) electrons. The van der Waals surface area contributed by atoms with E-state index in [0.717, 1.165) is 29.2 Å². The van der Waals surface area contributed by atoms with Crippen molar-refractivity contribution in [1.82, 2.24) is 9.66 Å². The predicted octanol–water partition coefficient (Wildman–Crippen LogP) is 4.10.